The Morgan fingerprint density at radius 1 is 1.56 bits per heavy atom. The average Bonchev–Trinajstić information content (AvgIpc) is 2.27. The van der Waals surface area contributed by atoms with E-state index in [4.69, 9.17) is 5.11 Å². The first-order valence-electron chi connectivity index (χ1n) is 5.59. The number of carboxylic acid groups (broad SMARTS) is 1. The third kappa shape index (κ3) is 3.20. The minimum Gasteiger partial charge on any atom is -0.481 e. The van der Waals surface area contributed by atoms with E-state index in [1.54, 1.807) is 4.90 Å². The van der Waals surface area contributed by atoms with Crippen LogP contribution in [0.2, 0.25) is 0 Å². The molecule has 1 aliphatic rings. The molecule has 1 amide bonds. The second kappa shape index (κ2) is 4.82. The molecule has 0 aliphatic carbocycles. The first-order valence-corrected chi connectivity index (χ1v) is 5.59. The topological polar surface area (TPSA) is 69.6 Å². The highest BCUT2D eigenvalue weighted by atomic mass is 16.4. The van der Waals surface area contributed by atoms with Gasteiger partial charge in [0.2, 0.25) is 5.91 Å². The van der Waals surface area contributed by atoms with Crippen LogP contribution in [0.15, 0.2) is 0 Å². The zero-order chi connectivity index (χ0) is 12.3. The maximum atomic E-state index is 12.1. The summed E-state index contributed by atoms with van der Waals surface area (Å²) >= 11 is 0. The number of amides is 1. The maximum absolute atomic E-state index is 12.1. The monoisotopic (exact) mass is 228 g/mol. The number of hydrogen-bond donors (Lipinski definition) is 2. The zero-order valence-electron chi connectivity index (χ0n) is 10.1. The summed E-state index contributed by atoms with van der Waals surface area (Å²) in [5, 5.41) is 11.7. The number of carbonyl (C=O) groups is 2. The lowest BCUT2D eigenvalue weighted by atomic mass is 10.0. The van der Waals surface area contributed by atoms with Gasteiger partial charge in [0, 0.05) is 12.1 Å². The molecule has 0 bridgehead atoms. The largest absolute Gasteiger partial charge is 0.481 e. The van der Waals surface area contributed by atoms with E-state index in [0.29, 0.717) is 13.1 Å². The van der Waals surface area contributed by atoms with Crippen LogP contribution in [0.1, 0.15) is 33.6 Å². The number of carbonyl (C=O) groups excluding carboxylic acids is 1. The van der Waals surface area contributed by atoms with Crippen LogP contribution >= 0.6 is 0 Å². The van der Waals surface area contributed by atoms with Gasteiger partial charge in [-0.25, -0.2) is 0 Å². The van der Waals surface area contributed by atoms with Gasteiger partial charge in [0.15, 0.2) is 0 Å². The standard InChI is InChI=1S/C11H20N2O3/c1-11(2,3)13-6-4-5-12-8(10(13)16)7-9(14)15/h8,12H,4-7H2,1-3H3,(H,14,15). The molecule has 2 N–H and O–H groups in total. The highest BCUT2D eigenvalue weighted by Gasteiger charge is 2.34. The molecule has 1 rings (SSSR count). The fourth-order valence-corrected chi connectivity index (χ4v) is 1.90. The van der Waals surface area contributed by atoms with Crippen molar-refractivity contribution in [2.75, 3.05) is 13.1 Å². The number of rotatable bonds is 2. The Morgan fingerprint density at radius 3 is 2.69 bits per heavy atom. The van der Waals surface area contributed by atoms with Crippen LogP contribution in [0, 0.1) is 0 Å². The molecule has 0 aromatic carbocycles. The SMILES string of the molecule is CC(C)(C)N1CCCNC(CC(=O)O)C1=O. The predicted molar refractivity (Wildman–Crippen MR) is 60.1 cm³/mol. The van der Waals surface area contributed by atoms with Crippen molar-refractivity contribution in [1.29, 1.82) is 0 Å². The smallest absolute Gasteiger partial charge is 0.305 e. The lowest BCUT2D eigenvalue weighted by Crippen LogP contribution is -2.52. The van der Waals surface area contributed by atoms with Gasteiger partial charge >= 0.3 is 5.97 Å². The first kappa shape index (κ1) is 13.0. The summed E-state index contributed by atoms with van der Waals surface area (Å²) in [6.45, 7) is 7.28. The highest BCUT2D eigenvalue weighted by molar-refractivity contribution is 5.86. The van der Waals surface area contributed by atoms with Crippen molar-refractivity contribution < 1.29 is 14.7 Å². The van der Waals surface area contributed by atoms with Gasteiger partial charge in [-0.3, -0.25) is 9.59 Å². The maximum Gasteiger partial charge on any atom is 0.305 e. The Hall–Kier alpha value is -1.10. The molecule has 1 atom stereocenters. The van der Waals surface area contributed by atoms with E-state index in [1.807, 2.05) is 20.8 Å². The fourth-order valence-electron chi connectivity index (χ4n) is 1.90. The van der Waals surface area contributed by atoms with Crippen molar-refractivity contribution in [3.8, 4) is 0 Å². The normalized spacial score (nSPS) is 23.1. The van der Waals surface area contributed by atoms with Gasteiger partial charge in [0.05, 0.1) is 12.5 Å². The number of nitrogens with zero attached hydrogens (tertiary/aromatic N) is 1. The Morgan fingerprint density at radius 2 is 2.19 bits per heavy atom. The van der Waals surface area contributed by atoms with Crippen molar-refractivity contribution in [3.63, 3.8) is 0 Å². The van der Waals surface area contributed by atoms with E-state index < -0.39 is 12.0 Å². The van der Waals surface area contributed by atoms with Gasteiger partial charge in [-0.2, -0.15) is 0 Å². The van der Waals surface area contributed by atoms with Gasteiger partial charge in [-0.05, 0) is 33.7 Å². The highest BCUT2D eigenvalue weighted by Crippen LogP contribution is 2.18. The summed E-state index contributed by atoms with van der Waals surface area (Å²) in [6.07, 6.45) is 0.713. The molecule has 1 fully saturated rings. The minimum absolute atomic E-state index is 0.104. The third-order valence-corrected chi connectivity index (χ3v) is 2.70. The third-order valence-electron chi connectivity index (χ3n) is 2.70. The predicted octanol–water partition coefficient (Wildman–Crippen LogP) is 0.450. The van der Waals surface area contributed by atoms with Crippen LogP contribution in [-0.2, 0) is 9.59 Å². The molecule has 92 valence electrons. The summed E-state index contributed by atoms with van der Waals surface area (Å²) < 4.78 is 0. The molecule has 0 saturated carbocycles. The Labute approximate surface area is 95.8 Å². The first-order chi connectivity index (χ1) is 7.32. The molecule has 1 saturated heterocycles. The lowest BCUT2D eigenvalue weighted by molar-refractivity contribution is -0.144. The molecule has 1 unspecified atom stereocenters. The summed E-state index contributed by atoms with van der Waals surface area (Å²) in [5.41, 5.74) is -0.250. The molecule has 0 aromatic heterocycles. The molecule has 0 spiro atoms. The van der Waals surface area contributed by atoms with Crippen LogP contribution in [-0.4, -0.2) is 46.6 Å². The molecule has 16 heavy (non-hydrogen) atoms. The second-order valence-electron chi connectivity index (χ2n) is 5.12. The molecule has 1 aliphatic heterocycles. The quantitative estimate of drug-likeness (QED) is 0.720. The summed E-state index contributed by atoms with van der Waals surface area (Å²) in [6, 6.07) is -0.584. The molecule has 0 radical (unpaired) electrons. The molecule has 0 aromatic rings. The fraction of sp³-hybridized carbons (Fsp3) is 0.818. The van der Waals surface area contributed by atoms with E-state index in [2.05, 4.69) is 5.32 Å². The van der Waals surface area contributed by atoms with E-state index >= 15 is 0 Å². The summed E-state index contributed by atoms with van der Waals surface area (Å²) in [5.74, 6) is -1.05. The van der Waals surface area contributed by atoms with E-state index in [0.717, 1.165) is 6.42 Å². The van der Waals surface area contributed by atoms with Crippen LogP contribution in [0.25, 0.3) is 0 Å². The zero-order valence-corrected chi connectivity index (χ0v) is 10.1. The number of aliphatic carboxylic acids is 1. The van der Waals surface area contributed by atoms with Crippen LogP contribution < -0.4 is 5.32 Å². The van der Waals surface area contributed by atoms with Crippen LogP contribution in [0.4, 0.5) is 0 Å². The van der Waals surface area contributed by atoms with Crippen molar-refractivity contribution >= 4 is 11.9 Å². The molecule has 5 nitrogen and oxygen atoms in total. The molecular formula is C11H20N2O3. The van der Waals surface area contributed by atoms with E-state index in [1.165, 1.54) is 0 Å². The Kier molecular flexibility index (Phi) is 3.91. The average molecular weight is 228 g/mol. The second-order valence-corrected chi connectivity index (χ2v) is 5.12. The Bertz CT molecular complexity index is 283. The molecule has 5 heteroatoms. The molecular weight excluding hydrogens is 208 g/mol. The van der Waals surface area contributed by atoms with Crippen molar-refractivity contribution in [2.24, 2.45) is 0 Å². The van der Waals surface area contributed by atoms with Crippen LogP contribution in [0.3, 0.4) is 0 Å². The van der Waals surface area contributed by atoms with Gasteiger partial charge in [-0.1, -0.05) is 0 Å². The van der Waals surface area contributed by atoms with Gasteiger partial charge in [-0.15, -0.1) is 0 Å². The van der Waals surface area contributed by atoms with Gasteiger partial charge in [0.1, 0.15) is 0 Å². The number of carboxylic acids is 1. The van der Waals surface area contributed by atoms with Crippen molar-refractivity contribution in [2.45, 2.75) is 45.2 Å². The number of nitrogens with one attached hydrogen (secondary N) is 1. The summed E-state index contributed by atoms with van der Waals surface area (Å²) in [4.78, 5) is 24.6. The van der Waals surface area contributed by atoms with E-state index in [9.17, 15) is 9.59 Å². The number of hydrogen-bond acceptors (Lipinski definition) is 3. The lowest BCUT2D eigenvalue weighted by Gasteiger charge is -2.36. The van der Waals surface area contributed by atoms with Crippen molar-refractivity contribution in [3.05, 3.63) is 0 Å². The molecule has 1 heterocycles. The van der Waals surface area contributed by atoms with Gasteiger partial charge in [0.25, 0.3) is 0 Å². The minimum atomic E-state index is -0.943. The van der Waals surface area contributed by atoms with Gasteiger partial charge < -0.3 is 15.3 Å². The van der Waals surface area contributed by atoms with Crippen LogP contribution in [0.5, 0.6) is 0 Å². The Balaban J connectivity index is 2.80. The summed E-state index contributed by atoms with van der Waals surface area (Å²) in [7, 11) is 0. The van der Waals surface area contributed by atoms with E-state index in [-0.39, 0.29) is 17.9 Å². The van der Waals surface area contributed by atoms with Crippen molar-refractivity contribution in [1.82, 2.24) is 10.2 Å².